The second kappa shape index (κ2) is 10.7. The van der Waals surface area contributed by atoms with E-state index < -0.39 is 0 Å². The van der Waals surface area contributed by atoms with Gasteiger partial charge in [-0.2, -0.15) is 0 Å². The molecule has 2 N–H and O–H groups in total. The second-order valence-electron chi connectivity index (χ2n) is 6.54. The van der Waals surface area contributed by atoms with E-state index >= 15 is 0 Å². The Labute approximate surface area is 163 Å². The highest BCUT2D eigenvalue weighted by molar-refractivity contribution is 14.0. The molecular formula is C19H30IN3O. The Morgan fingerprint density at radius 2 is 1.96 bits per heavy atom. The summed E-state index contributed by atoms with van der Waals surface area (Å²) in [5.41, 5.74) is 2.86. The van der Waals surface area contributed by atoms with E-state index in [0.717, 1.165) is 45.1 Å². The molecule has 0 bridgehead atoms. The standard InChI is InChI=1S/C19H29N3O.HI/c1-19(2,17-7-5-4-6-8-17)15-22-18(20-3)21-12-9-16-10-13-23-14-11-16;/h4-8,10H,9,11-15H2,1-3H3,(H2,20,21,22);1H. The molecule has 0 atom stereocenters. The average Bonchev–Trinajstić information content (AvgIpc) is 2.59. The number of guanidine groups is 1. The summed E-state index contributed by atoms with van der Waals surface area (Å²) in [4.78, 5) is 4.32. The van der Waals surface area contributed by atoms with E-state index in [1.54, 1.807) is 0 Å². The van der Waals surface area contributed by atoms with E-state index in [1.165, 1.54) is 11.1 Å². The quantitative estimate of drug-likeness (QED) is 0.306. The van der Waals surface area contributed by atoms with Gasteiger partial charge in [-0.15, -0.1) is 24.0 Å². The third-order valence-electron chi connectivity index (χ3n) is 4.27. The van der Waals surface area contributed by atoms with Crippen LogP contribution in [-0.4, -0.2) is 39.3 Å². The van der Waals surface area contributed by atoms with E-state index in [4.69, 9.17) is 4.74 Å². The molecule has 2 rings (SSSR count). The maximum absolute atomic E-state index is 5.33. The molecule has 0 aliphatic carbocycles. The van der Waals surface area contributed by atoms with E-state index in [9.17, 15) is 0 Å². The van der Waals surface area contributed by atoms with Crippen LogP contribution in [0.2, 0.25) is 0 Å². The molecule has 0 saturated carbocycles. The van der Waals surface area contributed by atoms with Crippen molar-refractivity contribution in [1.82, 2.24) is 10.6 Å². The first-order valence-corrected chi connectivity index (χ1v) is 8.37. The number of aliphatic imine (C=N–C) groups is 1. The SMILES string of the molecule is CN=C(NCCC1=CCOCC1)NCC(C)(C)c1ccccc1.I. The number of ether oxygens (including phenoxy) is 1. The van der Waals surface area contributed by atoms with Crippen LogP contribution in [0, 0.1) is 0 Å². The van der Waals surface area contributed by atoms with Crippen molar-refractivity contribution in [1.29, 1.82) is 0 Å². The van der Waals surface area contributed by atoms with Gasteiger partial charge in [-0.3, -0.25) is 4.99 Å². The Balaban J connectivity index is 0.00000288. The fraction of sp³-hybridized carbons (Fsp3) is 0.526. The minimum absolute atomic E-state index is 0. The lowest BCUT2D eigenvalue weighted by Gasteiger charge is -2.27. The molecule has 0 unspecified atom stereocenters. The summed E-state index contributed by atoms with van der Waals surface area (Å²) < 4.78 is 5.33. The first-order valence-electron chi connectivity index (χ1n) is 8.37. The normalized spacial score (nSPS) is 15.3. The van der Waals surface area contributed by atoms with Crippen LogP contribution < -0.4 is 10.6 Å². The van der Waals surface area contributed by atoms with Crippen LogP contribution in [0.5, 0.6) is 0 Å². The van der Waals surface area contributed by atoms with Gasteiger partial charge < -0.3 is 15.4 Å². The van der Waals surface area contributed by atoms with Gasteiger partial charge >= 0.3 is 0 Å². The van der Waals surface area contributed by atoms with E-state index in [2.05, 4.69) is 65.9 Å². The number of nitrogens with zero attached hydrogens (tertiary/aromatic N) is 1. The molecular weight excluding hydrogens is 413 g/mol. The summed E-state index contributed by atoms with van der Waals surface area (Å²) >= 11 is 0. The predicted molar refractivity (Wildman–Crippen MR) is 112 cm³/mol. The van der Waals surface area contributed by atoms with Gasteiger partial charge in [0.15, 0.2) is 5.96 Å². The number of benzene rings is 1. The molecule has 0 fully saturated rings. The minimum atomic E-state index is 0. The lowest BCUT2D eigenvalue weighted by molar-refractivity contribution is 0.153. The van der Waals surface area contributed by atoms with Crippen LogP contribution in [-0.2, 0) is 10.2 Å². The van der Waals surface area contributed by atoms with E-state index in [0.29, 0.717) is 0 Å². The van der Waals surface area contributed by atoms with E-state index in [-0.39, 0.29) is 29.4 Å². The van der Waals surface area contributed by atoms with Crippen molar-refractivity contribution >= 4 is 29.9 Å². The van der Waals surface area contributed by atoms with Gasteiger partial charge in [-0.25, -0.2) is 0 Å². The fourth-order valence-corrected chi connectivity index (χ4v) is 2.65. The van der Waals surface area contributed by atoms with Crippen LogP contribution in [0.4, 0.5) is 0 Å². The third-order valence-corrected chi connectivity index (χ3v) is 4.27. The maximum Gasteiger partial charge on any atom is 0.191 e. The molecule has 0 amide bonds. The number of rotatable bonds is 6. The van der Waals surface area contributed by atoms with Crippen molar-refractivity contribution in [2.75, 3.05) is 33.4 Å². The molecule has 1 aliphatic heterocycles. The van der Waals surface area contributed by atoms with Gasteiger partial charge in [-0.1, -0.05) is 55.8 Å². The number of halogens is 1. The smallest absolute Gasteiger partial charge is 0.191 e. The molecule has 0 radical (unpaired) electrons. The lowest BCUT2D eigenvalue weighted by atomic mass is 9.85. The monoisotopic (exact) mass is 443 g/mol. The summed E-state index contributed by atoms with van der Waals surface area (Å²) in [6, 6.07) is 10.6. The molecule has 0 spiro atoms. The Hall–Kier alpha value is -1.08. The fourth-order valence-electron chi connectivity index (χ4n) is 2.65. The molecule has 1 aliphatic rings. The maximum atomic E-state index is 5.33. The van der Waals surface area contributed by atoms with Gasteiger partial charge in [0.2, 0.25) is 0 Å². The Morgan fingerprint density at radius 3 is 2.58 bits per heavy atom. The third kappa shape index (κ3) is 6.81. The Kier molecular flexibility index (Phi) is 9.36. The Morgan fingerprint density at radius 1 is 1.21 bits per heavy atom. The molecule has 134 valence electrons. The van der Waals surface area contributed by atoms with Crippen molar-refractivity contribution in [2.24, 2.45) is 4.99 Å². The molecule has 0 aromatic heterocycles. The first kappa shape index (κ1) is 21.0. The van der Waals surface area contributed by atoms with Crippen molar-refractivity contribution in [2.45, 2.75) is 32.1 Å². The predicted octanol–water partition coefficient (Wildman–Crippen LogP) is 3.48. The van der Waals surface area contributed by atoms with Gasteiger partial charge in [0.1, 0.15) is 0 Å². The van der Waals surface area contributed by atoms with Crippen LogP contribution in [0.15, 0.2) is 47.0 Å². The zero-order chi connectivity index (χ0) is 16.5. The molecule has 1 aromatic rings. The molecule has 0 saturated heterocycles. The topological polar surface area (TPSA) is 45.7 Å². The average molecular weight is 443 g/mol. The zero-order valence-corrected chi connectivity index (χ0v) is 17.3. The largest absolute Gasteiger partial charge is 0.377 e. The minimum Gasteiger partial charge on any atom is -0.377 e. The molecule has 1 heterocycles. The van der Waals surface area contributed by atoms with Gasteiger partial charge in [0.25, 0.3) is 0 Å². The number of nitrogens with one attached hydrogen (secondary N) is 2. The molecule has 1 aromatic carbocycles. The van der Waals surface area contributed by atoms with E-state index in [1.807, 2.05) is 7.05 Å². The first-order chi connectivity index (χ1) is 11.1. The molecule has 24 heavy (non-hydrogen) atoms. The van der Waals surface area contributed by atoms with Crippen molar-refractivity contribution < 1.29 is 4.74 Å². The highest BCUT2D eigenvalue weighted by atomic mass is 127. The van der Waals surface area contributed by atoms with Crippen LogP contribution >= 0.6 is 24.0 Å². The summed E-state index contributed by atoms with van der Waals surface area (Å²) in [5, 5.41) is 6.84. The van der Waals surface area contributed by atoms with Crippen molar-refractivity contribution in [3.05, 3.63) is 47.5 Å². The Bertz CT molecular complexity index is 541. The van der Waals surface area contributed by atoms with Crippen molar-refractivity contribution in [3.8, 4) is 0 Å². The zero-order valence-electron chi connectivity index (χ0n) is 15.0. The van der Waals surface area contributed by atoms with Crippen LogP contribution in [0.3, 0.4) is 0 Å². The number of hydrogen-bond donors (Lipinski definition) is 2. The summed E-state index contributed by atoms with van der Waals surface area (Å²) in [6.07, 6.45) is 4.29. The van der Waals surface area contributed by atoms with Gasteiger partial charge in [0, 0.05) is 25.6 Å². The number of hydrogen-bond acceptors (Lipinski definition) is 2. The summed E-state index contributed by atoms with van der Waals surface area (Å²) in [6.45, 7) is 7.84. The highest BCUT2D eigenvalue weighted by Gasteiger charge is 2.20. The summed E-state index contributed by atoms with van der Waals surface area (Å²) in [7, 11) is 1.82. The van der Waals surface area contributed by atoms with Crippen molar-refractivity contribution in [3.63, 3.8) is 0 Å². The van der Waals surface area contributed by atoms with Gasteiger partial charge in [-0.05, 0) is 18.4 Å². The highest BCUT2D eigenvalue weighted by Crippen LogP contribution is 2.21. The lowest BCUT2D eigenvalue weighted by Crippen LogP contribution is -2.43. The van der Waals surface area contributed by atoms with Gasteiger partial charge in [0.05, 0.1) is 13.2 Å². The second-order valence-corrected chi connectivity index (χ2v) is 6.54. The molecule has 4 nitrogen and oxygen atoms in total. The summed E-state index contributed by atoms with van der Waals surface area (Å²) in [5.74, 6) is 0.863. The van der Waals surface area contributed by atoms with Crippen LogP contribution in [0.25, 0.3) is 0 Å². The molecule has 5 heteroatoms. The van der Waals surface area contributed by atoms with Crippen LogP contribution in [0.1, 0.15) is 32.3 Å².